The summed E-state index contributed by atoms with van der Waals surface area (Å²) in [5, 5.41) is 0. The fourth-order valence-electron chi connectivity index (χ4n) is 3.72. The summed E-state index contributed by atoms with van der Waals surface area (Å²) in [4.78, 5) is 0. The van der Waals surface area contributed by atoms with Gasteiger partial charge in [0.05, 0.1) is 0 Å². The largest absolute Gasteiger partial charge is 0.454 e. The highest BCUT2D eigenvalue weighted by molar-refractivity contribution is 5.79. The Bertz CT molecular complexity index is 542. The molecular formula is C16H18O2. The van der Waals surface area contributed by atoms with E-state index in [1.165, 1.54) is 48.8 Å². The minimum atomic E-state index is 0.374. The molecule has 94 valence electrons. The molecule has 1 heterocycles. The minimum Gasteiger partial charge on any atom is -0.454 e. The van der Waals surface area contributed by atoms with Crippen LogP contribution in [-0.2, 0) is 0 Å². The fraction of sp³-hybridized carbons (Fsp3) is 0.500. The van der Waals surface area contributed by atoms with Gasteiger partial charge in [0, 0.05) is 5.92 Å². The van der Waals surface area contributed by atoms with Crippen molar-refractivity contribution in [3.8, 4) is 11.5 Å². The van der Waals surface area contributed by atoms with E-state index in [0.717, 1.165) is 11.5 Å². The third-order valence-corrected chi connectivity index (χ3v) is 4.67. The molecule has 2 aliphatic carbocycles. The second-order valence-corrected chi connectivity index (χ2v) is 5.59. The van der Waals surface area contributed by atoms with Gasteiger partial charge >= 0.3 is 0 Å². The van der Waals surface area contributed by atoms with E-state index in [0.29, 0.717) is 12.7 Å². The van der Waals surface area contributed by atoms with E-state index in [2.05, 4.69) is 19.1 Å². The molecule has 1 aliphatic heterocycles. The summed E-state index contributed by atoms with van der Waals surface area (Å²) in [6.45, 7) is 2.65. The first-order valence-corrected chi connectivity index (χ1v) is 6.98. The van der Waals surface area contributed by atoms with Crippen LogP contribution in [-0.4, -0.2) is 6.79 Å². The van der Waals surface area contributed by atoms with Crippen LogP contribution in [0, 0.1) is 0 Å². The Morgan fingerprint density at radius 2 is 1.89 bits per heavy atom. The zero-order chi connectivity index (χ0) is 12.1. The van der Waals surface area contributed by atoms with Crippen LogP contribution >= 0.6 is 0 Å². The van der Waals surface area contributed by atoms with Gasteiger partial charge in [0.15, 0.2) is 11.5 Å². The molecule has 1 fully saturated rings. The molecule has 18 heavy (non-hydrogen) atoms. The second-order valence-electron chi connectivity index (χ2n) is 5.59. The van der Waals surface area contributed by atoms with Crippen LogP contribution < -0.4 is 9.47 Å². The first-order valence-electron chi connectivity index (χ1n) is 6.98. The van der Waals surface area contributed by atoms with Gasteiger partial charge in [-0.15, -0.1) is 0 Å². The van der Waals surface area contributed by atoms with E-state index in [4.69, 9.17) is 9.47 Å². The number of ether oxygens (including phenoxy) is 2. The predicted molar refractivity (Wildman–Crippen MR) is 71.0 cm³/mol. The molecule has 0 aromatic heterocycles. The highest BCUT2D eigenvalue weighted by Crippen LogP contribution is 2.51. The molecule has 4 rings (SSSR count). The van der Waals surface area contributed by atoms with Gasteiger partial charge in [-0.1, -0.05) is 18.4 Å². The lowest BCUT2D eigenvalue weighted by Gasteiger charge is -2.13. The minimum absolute atomic E-state index is 0.374. The molecule has 0 radical (unpaired) electrons. The predicted octanol–water partition coefficient (Wildman–Crippen LogP) is 4.25. The highest BCUT2D eigenvalue weighted by atomic mass is 16.7. The molecule has 3 aliphatic rings. The van der Waals surface area contributed by atoms with Crippen molar-refractivity contribution in [2.45, 2.75) is 44.9 Å². The van der Waals surface area contributed by atoms with Crippen LogP contribution in [0.25, 0.3) is 5.57 Å². The van der Waals surface area contributed by atoms with E-state index in [1.54, 1.807) is 5.57 Å². The van der Waals surface area contributed by atoms with E-state index in [-0.39, 0.29) is 0 Å². The maximum atomic E-state index is 5.53. The van der Waals surface area contributed by atoms with Gasteiger partial charge < -0.3 is 9.47 Å². The molecule has 1 unspecified atom stereocenters. The van der Waals surface area contributed by atoms with Crippen molar-refractivity contribution in [2.24, 2.45) is 0 Å². The van der Waals surface area contributed by atoms with Crippen molar-refractivity contribution in [1.29, 1.82) is 0 Å². The number of hydrogen-bond acceptors (Lipinski definition) is 2. The van der Waals surface area contributed by atoms with Crippen molar-refractivity contribution in [1.82, 2.24) is 0 Å². The zero-order valence-electron chi connectivity index (χ0n) is 10.8. The van der Waals surface area contributed by atoms with Gasteiger partial charge in [-0.05, 0) is 55.0 Å². The summed E-state index contributed by atoms with van der Waals surface area (Å²) in [5.74, 6) is 2.51. The van der Waals surface area contributed by atoms with Gasteiger partial charge in [-0.3, -0.25) is 0 Å². The average molecular weight is 242 g/mol. The van der Waals surface area contributed by atoms with Crippen LogP contribution in [0.15, 0.2) is 17.7 Å². The van der Waals surface area contributed by atoms with Gasteiger partial charge in [0.25, 0.3) is 0 Å². The summed E-state index contributed by atoms with van der Waals surface area (Å²) in [6.07, 6.45) is 6.67. The maximum absolute atomic E-state index is 5.53. The van der Waals surface area contributed by atoms with Crippen molar-refractivity contribution >= 4 is 5.57 Å². The van der Waals surface area contributed by atoms with Crippen molar-refractivity contribution in [3.05, 3.63) is 28.8 Å². The number of hydrogen-bond donors (Lipinski definition) is 0. The molecule has 0 amide bonds. The SMILES string of the molecule is CC1=C2CCCCCC2c2cc3c(cc21)OCO3. The Balaban J connectivity index is 1.87. The summed E-state index contributed by atoms with van der Waals surface area (Å²) < 4.78 is 11.0. The molecule has 0 bridgehead atoms. The molecule has 0 spiro atoms. The van der Waals surface area contributed by atoms with Crippen molar-refractivity contribution in [2.75, 3.05) is 6.79 Å². The molecule has 0 saturated heterocycles. The van der Waals surface area contributed by atoms with E-state index in [1.807, 2.05) is 0 Å². The Morgan fingerprint density at radius 3 is 2.78 bits per heavy atom. The van der Waals surface area contributed by atoms with E-state index < -0.39 is 0 Å². The average Bonchev–Trinajstić information content (AvgIpc) is 2.82. The molecule has 1 saturated carbocycles. The van der Waals surface area contributed by atoms with Crippen molar-refractivity contribution < 1.29 is 9.47 Å². The standard InChI is InChI=1S/C16H18O2/c1-10-11-5-3-2-4-6-12(11)14-8-16-15(7-13(10)14)17-9-18-16/h7-8,12H,2-6,9H2,1H3. The summed E-state index contributed by atoms with van der Waals surface area (Å²) in [7, 11) is 0. The summed E-state index contributed by atoms with van der Waals surface area (Å²) in [5.41, 5.74) is 6.05. The van der Waals surface area contributed by atoms with Gasteiger partial charge in [-0.25, -0.2) is 0 Å². The first-order chi connectivity index (χ1) is 8.84. The fourth-order valence-corrected chi connectivity index (χ4v) is 3.72. The number of allylic oxidation sites excluding steroid dienone is 2. The molecule has 1 aromatic rings. The van der Waals surface area contributed by atoms with Gasteiger partial charge in [0.2, 0.25) is 6.79 Å². The quantitative estimate of drug-likeness (QED) is 0.677. The van der Waals surface area contributed by atoms with Gasteiger partial charge in [0.1, 0.15) is 0 Å². The van der Waals surface area contributed by atoms with Crippen LogP contribution in [0.2, 0.25) is 0 Å². The zero-order valence-corrected chi connectivity index (χ0v) is 10.8. The number of benzene rings is 1. The Hall–Kier alpha value is -1.44. The number of rotatable bonds is 0. The lowest BCUT2D eigenvalue weighted by atomic mass is 9.91. The Morgan fingerprint density at radius 1 is 1.06 bits per heavy atom. The normalized spacial score (nSPS) is 24.8. The third-order valence-electron chi connectivity index (χ3n) is 4.67. The third kappa shape index (κ3) is 1.35. The molecule has 1 atom stereocenters. The summed E-state index contributed by atoms with van der Waals surface area (Å²) in [6, 6.07) is 4.42. The van der Waals surface area contributed by atoms with Gasteiger partial charge in [-0.2, -0.15) is 0 Å². The van der Waals surface area contributed by atoms with Crippen LogP contribution in [0.5, 0.6) is 11.5 Å². The number of fused-ring (bicyclic) bond motifs is 4. The monoisotopic (exact) mass is 242 g/mol. The highest BCUT2D eigenvalue weighted by Gasteiger charge is 2.32. The Labute approximate surface area is 108 Å². The Kier molecular flexibility index (Phi) is 2.20. The van der Waals surface area contributed by atoms with Crippen LogP contribution in [0.4, 0.5) is 0 Å². The molecule has 2 nitrogen and oxygen atoms in total. The second kappa shape index (κ2) is 3.78. The van der Waals surface area contributed by atoms with E-state index >= 15 is 0 Å². The smallest absolute Gasteiger partial charge is 0.231 e. The summed E-state index contributed by atoms with van der Waals surface area (Å²) >= 11 is 0. The van der Waals surface area contributed by atoms with Crippen LogP contribution in [0.3, 0.4) is 0 Å². The molecular weight excluding hydrogens is 224 g/mol. The lowest BCUT2D eigenvalue weighted by Crippen LogP contribution is -1.97. The van der Waals surface area contributed by atoms with Crippen LogP contribution in [0.1, 0.15) is 56.1 Å². The van der Waals surface area contributed by atoms with E-state index in [9.17, 15) is 0 Å². The topological polar surface area (TPSA) is 18.5 Å². The lowest BCUT2D eigenvalue weighted by molar-refractivity contribution is 0.174. The molecule has 2 heteroatoms. The molecule has 1 aromatic carbocycles. The molecule has 0 N–H and O–H groups in total. The van der Waals surface area contributed by atoms with Crippen molar-refractivity contribution in [3.63, 3.8) is 0 Å². The maximum Gasteiger partial charge on any atom is 0.231 e. The first kappa shape index (κ1) is 10.5.